The molecule has 0 unspecified atom stereocenters. The number of aryl methyl sites for hydroxylation is 2. The van der Waals surface area contributed by atoms with Gasteiger partial charge in [0.05, 0.1) is 26.2 Å². The zero-order valence-corrected chi connectivity index (χ0v) is 16.9. The van der Waals surface area contributed by atoms with E-state index in [-0.39, 0.29) is 6.54 Å². The fourth-order valence-corrected chi connectivity index (χ4v) is 3.50. The normalized spacial score (nSPS) is 11.0. The Kier molecular flexibility index (Phi) is 6.32. The van der Waals surface area contributed by atoms with Gasteiger partial charge in [0.25, 0.3) is 0 Å². The molecule has 0 bridgehead atoms. The van der Waals surface area contributed by atoms with Crippen molar-refractivity contribution in [3.8, 4) is 11.5 Å². The second-order valence-electron chi connectivity index (χ2n) is 6.18. The quantitative estimate of drug-likeness (QED) is 0.783. The summed E-state index contributed by atoms with van der Waals surface area (Å²) in [5, 5.41) is 2.76. The first-order chi connectivity index (χ1) is 12.7. The van der Waals surface area contributed by atoms with E-state index in [0.717, 1.165) is 21.7 Å². The number of benzene rings is 2. The van der Waals surface area contributed by atoms with E-state index in [1.54, 1.807) is 18.2 Å². The summed E-state index contributed by atoms with van der Waals surface area (Å²) in [6.07, 6.45) is 1.05. The van der Waals surface area contributed by atoms with E-state index >= 15 is 0 Å². The molecule has 0 heterocycles. The van der Waals surface area contributed by atoms with Crippen molar-refractivity contribution in [1.29, 1.82) is 0 Å². The summed E-state index contributed by atoms with van der Waals surface area (Å²) >= 11 is 0. The number of anilines is 2. The third-order valence-corrected chi connectivity index (χ3v) is 5.14. The van der Waals surface area contributed by atoms with Crippen molar-refractivity contribution in [2.45, 2.75) is 13.8 Å². The molecule has 2 rings (SSSR count). The van der Waals surface area contributed by atoms with Crippen molar-refractivity contribution in [2.24, 2.45) is 0 Å². The molecule has 0 spiro atoms. The summed E-state index contributed by atoms with van der Waals surface area (Å²) in [5.41, 5.74) is 2.94. The molecule has 8 heteroatoms. The Morgan fingerprint density at radius 3 is 2.26 bits per heavy atom. The van der Waals surface area contributed by atoms with Crippen molar-refractivity contribution in [2.75, 3.05) is 36.6 Å². The molecule has 1 amide bonds. The van der Waals surface area contributed by atoms with Gasteiger partial charge in [-0.3, -0.25) is 9.10 Å². The SMILES string of the molecule is COc1ccc(N(CC(=O)Nc2ccc(C)cc2C)S(C)(=O)=O)cc1OC. The van der Waals surface area contributed by atoms with Gasteiger partial charge >= 0.3 is 0 Å². The van der Waals surface area contributed by atoms with Gasteiger partial charge < -0.3 is 14.8 Å². The monoisotopic (exact) mass is 392 g/mol. The maximum Gasteiger partial charge on any atom is 0.245 e. The zero-order chi connectivity index (χ0) is 20.2. The Hall–Kier alpha value is -2.74. The van der Waals surface area contributed by atoms with Gasteiger partial charge in [-0.05, 0) is 37.6 Å². The summed E-state index contributed by atoms with van der Waals surface area (Å²) in [7, 11) is -0.744. The average Bonchev–Trinajstić information content (AvgIpc) is 2.60. The average molecular weight is 392 g/mol. The van der Waals surface area contributed by atoms with Gasteiger partial charge in [0, 0.05) is 11.8 Å². The Labute approximate surface area is 160 Å². The van der Waals surface area contributed by atoms with Gasteiger partial charge in [-0.15, -0.1) is 0 Å². The highest BCUT2D eigenvalue weighted by molar-refractivity contribution is 7.92. The van der Waals surface area contributed by atoms with E-state index in [1.807, 2.05) is 26.0 Å². The third-order valence-electron chi connectivity index (χ3n) is 4.00. The van der Waals surface area contributed by atoms with E-state index in [0.29, 0.717) is 22.9 Å². The van der Waals surface area contributed by atoms with Gasteiger partial charge in [0.1, 0.15) is 6.54 Å². The molecule has 1 N–H and O–H groups in total. The fourth-order valence-electron chi connectivity index (χ4n) is 2.65. The minimum absolute atomic E-state index is 0.311. The Morgan fingerprint density at radius 2 is 1.70 bits per heavy atom. The number of carbonyl (C=O) groups excluding carboxylic acids is 1. The van der Waals surface area contributed by atoms with Crippen LogP contribution in [0.4, 0.5) is 11.4 Å². The lowest BCUT2D eigenvalue weighted by molar-refractivity contribution is -0.114. The molecule has 0 radical (unpaired) electrons. The first kappa shape index (κ1) is 20.6. The summed E-state index contributed by atoms with van der Waals surface area (Å²) in [6.45, 7) is 3.48. The minimum atomic E-state index is -3.69. The van der Waals surface area contributed by atoms with Crippen LogP contribution in [0.25, 0.3) is 0 Å². The molecule has 7 nitrogen and oxygen atoms in total. The predicted octanol–water partition coefficient (Wildman–Crippen LogP) is 2.73. The molecule has 0 saturated carbocycles. The molecule has 146 valence electrons. The molecule has 0 fully saturated rings. The second-order valence-corrected chi connectivity index (χ2v) is 8.08. The molecule has 0 aromatic heterocycles. The second kappa shape index (κ2) is 8.30. The number of hydrogen-bond donors (Lipinski definition) is 1. The van der Waals surface area contributed by atoms with E-state index < -0.39 is 15.9 Å². The van der Waals surface area contributed by atoms with Crippen molar-refractivity contribution >= 4 is 27.3 Å². The van der Waals surface area contributed by atoms with Crippen molar-refractivity contribution in [1.82, 2.24) is 0 Å². The van der Waals surface area contributed by atoms with Crippen LogP contribution in [0.15, 0.2) is 36.4 Å². The maximum atomic E-state index is 12.5. The standard InChI is InChI=1S/C19H24N2O5S/c1-13-6-8-16(14(2)10-13)20-19(22)12-21(27(5,23)24)15-7-9-17(25-3)18(11-15)26-4/h6-11H,12H2,1-5H3,(H,20,22). The lowest BCUT2D eigenvalue weighted by Gasteiger charge is -2.23. The number of sulfonamides is 1. The van der Waals surface area contributed by atoms with E-state index in [4.69, 9.17) is 9.47 Å². The highest BCUT2D eigenvalue weighted by Gasteiger charge is 2.22. The number of carbonyl (C=O) groups is 1. The summed E-state index contributed by atoms with van der Waals surface area (Å²) in [6, 6.07) is 10.3. The van der Waals surface area contributed by atoms with Gasteiger partial charge in [0.15, 0.2) is 11.5 Å². The van der Waals surface area contributed by atoms with Crippen molar-refractivity contribution < 1.29 is 22.7 Å². The lowest BCUT2D eigenvalue weighted by atomic mass is 10.1. The van der Waals surface area contributed by atoms with Crippen LogP contribution >= 0.6 is 0 Å². The van der Waals surface area contributed by atoms with Crippen LogP contribution in [0.2, 0.25) is 0 Å². The number of rotatable bonds is 7. The van der Waals surface area contributed by atoms with Crippen LogP contribution in [0, 0.1) is 13.8 Å². The van der Waals surface area contributed by atoms with E-state index in [1.165, 1.54) is 20.3 Å². The molecule has 2 aromatic rings. The molecule has 2 aromatic carbocycles. The number of nitrogens with one attached hydrogen (secondary N) is 1. The molecular weight excluding hydrogens is 368 g/mol. The maximum absolute atomic E-state index is 12.5. The van der Waals surface area contributed by atoms with Gasteiger partial charge in [-0.2, -0.15) is 0 Å². The number of nitrogens with zero attached hydrogens (tertiary/aromatic N) is 1. The zero-order valence-electron chi connectivity index (χ0n) is 16.1. The molecule has 0 saturated heterocycles. The van der Waals surface area contributed by atoms with E-state index in [9.17, 15) is 13.2 Å². The van der Waals surface area contributed by atoms with Gasteiger partial charge in [0.2, 0.25) is 15.9 Å². The molecule has 0 aliphatic carbocycles. The van der Waals surface area contributed by atoms with Crippen LogP contribution in [0.1, 0.15) is 11.1 Å². The third kappa shape index (κ3) is 5.13. The van der Waals surface area contributed by atoms with Crippen LogP contribution in [0.3, 0.4) is 0 Å². The van der Waals surface area contributed by atoms with Gasteiger partial charge in [-0.25, -0.2) is 8.42 Å². The Morgan fingerprint density at radius 1 is 1.04 bits per heavy atom. The first-order valence-corrected chi connectivity index (χ1v) is 10.1. The summed E-state index contributed by atoms with van der Waals surface area (Å²) in [5.74, 6) is 0.398. The lowest BCUT2D eigenvalue weighted by Crippen LogP contribution is -2.37. The molecule has 0 aliphatic heterocycles. The number of ether oxygens (including phenoxy) is 2. The fraction of sp³-hybridized carbons (Fsp3) is 0.316. The summed E-state index contributed by atoms with van der Waals surface area (Å²) in [4.78, 5) is 12.5. The summed E-state index contributed by atoms with van der Waals surface area (Å²) < 4.78 is 35.9. The number of hydrogen-bond acceptors (Lipinski definition) is 5. The predicted molar refractivity (Wildman–Crippen MR) is 106 cm³/mol. The smallest absolute Gasteiger partial charge is 0.245 e. The largest absolute Gasteiger partial charge is 0.493 e. The van der Waals surface area contributed by atoms with Gasteiger partial charge in [-0.1, -0.05) is 17.7 Å². The van der Waals surface area contributed by atoms with Crippen LogP contribution in [-0.2, 0) is 14.8 Å². The van der Waals surface area contributed by atoms with Crippen molar-refractivity contribution in [3.63, 3.8) is 0 Å². The highest BCUT2D eigenvalue weighted by atomic mass is 32.2. The Bertz CT molecular complexity index is 941. The molecule has 0 atom stereocenters. The van der Waals surface area contributed by atoms with Crippen LogP contribution in [0.5, 0.6) is 11.5 Å². The highest BCUT2D eigenvalue weighted by Crippen LogP contribution is 2.32. The van der Waals surface area contributed by atoms with Crippen molar-refractivity contribution in [3.05, 3.63) is 47.5 Å². The molecule has 0 aliphatic rings. The number of methoxy groups -OCH3 is 2. The minimum Gasteiger partial charge on any atom is -0.493 e. The molecule has 27 heavy (non-hydrogen) atoms. The number of amides is 1. The van der Waals surface area contributed by atoms with Crippen LogP contribution < -0.4 is 19.1 Å². The van der Waals surface area contributed by atoms with Crippen LogP contribution in [-0.4, -0.2) is 41.3 Å². The topological polar surface area (TPSA) is 84.9 Å². The molecular formula is C19H24N2O5S. The Balaban J connectivity index is 2.28. The van der Waals surface area contributed by atoms with E-state index in [2.05, 4.69) is 5.32 Å². The first-order valence-electron chi connectivity index (χ1n) is 8.22.